The topological polar surface area (TPSA) is 40.5 Å². The highest BCUT2D eigenvalue weighted by atomic mass is 19.3. The normalized spacial score (nSPS) is 11.2. The lowest BCUT2D eigenvalue weighted by molar-refractivity contribution is 0.110. The third-order valence-corrected chi connectivity index (χ3v) is 0.407. The molecule has 1 atom stereocenters. The molecule has 0 spiro atoms. The summed E-state index contributed by atoms with van der Waals surface area (Å²) in [7, 11) is 0. The van der Waals surface area contributed by atoms with Gasteiger partial charge in [0.2, 0.25) is 0 Å². The molecule has 0 amide bonds. The van der Waals surface area contributed by atoms with Gasteiger partial charge in [0.05, 0.1) is 12.7 Å². The Balaban J connectivity index is 0. The molecule has 0 saturated carbocycles. The van der Waals surface area contributed by atoms with E-state index in [1.165, 1.54) is 6.92 Å². The largest absolute Gasteiger partial charge is 0.394 e. The second-order valence-electron chi connectivity index (χ2n) is 1.55. The maximum absolute atomic E-state index is 10.3. The lowest BCUT2D eigenvalue weighted by Gasteiger charge is -1.90. The second kappa shape index (κ2) is 7.49. The zero-order valence-corrected chi connectivity index (χ0v) is 5.69. The molecule has 0 aliphatic carbocycles. The maximum atomic E-state index is 10.3. The summed E-state index contributed by atoms with van der Waals surface area (Å²) in [6, 6.07) is 0. The first-order valence-electron chi connectivity index (χ1n) is 2.57. The minimum atomic E-state index is -2.91. The number of halogens is 4. The van der Waals surface area contributed by atoms with E-state index in [4.69, 9.17) is 10.2 Å². The number of rotatable bonds is 1. The SMILES string of the molecule is CC(O)CO.FC(F)=C(F)F. The van der Waals surface area contributed by atoms with Gasteiger partial charge in [0.1, 0.15) is 0 Å². The minimum Gasteiger partial charge on any atom is -0.394 e. The van der Waals surface area contributed by atoms with E-state index in [2.05, 4.69) is 0 Å². The van der Waals surface area contributed by atoms with Gasteiger partial charge in [-0.3, -0.25) is 0 Å². The van der Waals surface area contributed by atoms with Crippen LogP contribution in [0.25, 0.3) is 0 Å². The van der Waals surface area contributed by atoms with Crippen molar-refractivity contribution >= 4 is 0 Å². The standard InChI is InChI=1S/C3H8O2.C2F4/c1-3(5)2-4;3-1(4)2(5)6/h3-5H,2H2,1H3;. The summed E-state index contributed by atoms with van der Waals surface area (Å²) in [5.74, 6) is 0. The third-order valence-electron chi connectivity index (χ3n) is 0.407. The first-order chi connectivity index (χ1) is 4.91. The number of aliphatic hydroxyl groups excluding tert-OH is 2. The molecule has 6 heteroatoms. The maximum Gasteiger partial charge on any atom is 0.334 e. The van der Waals surface area contributed by atoms with Crippen LogP contribution in [0.3, 0.4) is 0 Å². The molecule has 68 valence electrons. The van der Waals surface area contributed by atoms with Crippen LogP contribution in [0.2, 0.25) is 0 Å². The van der Waals surface area contributed by atoms with Crippen LogP contribution in [0.15, 0.2) is 12.2 Å². The molecule has 2 N–H and O–H groups in total. The zero-order valence-electron chi connectivity index (χ0n) is 5.69. The Morgan fingerprint density at radius 1 is 1.18 bits per heavy atom. The number of aliphatic hydroxyl groups is 2. The van der Waals surface area contributed by atoms with Crippen LogP contribution in [0.5, 0.6) is 0 Å². The van der Waals surface area contributed by atoms with Crippen LogP contribution in [-0.2, 0) is 0 Å². The quantitative estimate of drug-likeness (QED) is 0.592. The summed E-state index contributed by atoms with van der Waals surface area (Å²) in [6.07, 6.45) is -6.38. The molecule has 0 fully saturated rings. The molecule has 0 heterocycles. The molecular weight excluding hydrogens is 168 g/mol. The Hall–Kier alpha value is -0.620. The molecule has 0 radical (unpaired) electrons. The summed E-state index contributed by atoms with van der Waals surface area (Å²) >= 11 is 0. The van der Waals surface area contributed by atoms with Crippen molar-refractivity contribution in [1.29, 1.82) is 0 Å². The smallest absolute Gasteiger partial charge is 0.334 e. The fraction of sp³-hybridized carbons (Fsp3) is 0.600. The van der Waals surface area contributed by atoms with E-state index < -0.39 is 18.3 Å². The Labute approximate surface area is 60.8 Å². The summed E-state index contributed by atoms with van der Waals surface area (Å²) < 4.78 is 41.1. The van der Waals surface area contributed by atoms with Gasteiger partial charge in [-0.15, -0.1) is 0 Å². The average Bonchev–Trinajstić information content (AvgIpc) is 1.89. The van der Waals surface area contributed by atoms with Gasteiger partial charge >= 0.3 is 12.2 Å². The molecule has 0 aromatic carbocycles. The highest BCUT2D eigenvalue weighted by molar-refractivity contribution is 4.77. The molecule has 2 nitrogen and oxygen atoms in total. The van der Waals surface area contributed by atoms with E-state index >= 15 is 0 Å². The Bertz CT molecular complexity index is 106. The van der Waals surface area contributed by atoms with Crippen LogP contribution in [0.4, 0.5) is 17.6 Å². The van der Waals surface area contributed by atoms with Gasteiger partial charge in [0, 0.05) is 0 Å². The van der Waals surface area contributed by atoms with E-state index in [0.717, 1.165) is 0 Å². The predicted molar refractivity (Wildman–Crippen MR) is 30.2 cm³/mol. The lowest BCUT2D eigenvalue weighted by atomic mass is 10.5. The fourth-order valence-corrected chi connectivity index (χ4v) is 0. The molecule has 0 aromatic rings. The molecule has 1 unspecified atom stereocenters. The minimum absolute atomic E-state index is 0.139. The van der Waals surface area contributed by atoms with Crippen molar-refractivity contribution in [2.45, 2.75) is 13.0 Å². The predicted octanol–water partition coefficient (Wildman–Crippen LogP) is 1.35. The Morgan fingerprint density at radius 2 is 1.36 bits per heavy atom. The molecule has 0 aliphatic heterocycles. The molecular formula is C5H8F4O2. The highest BCUT2D eigenvalue weighted by Gasteiger charge is 1.98. The van der Waals surface area contributed by atoms with Crippen LogP contribution in [0, 0.1) is 0 Å². The molecule has 0 rings (SSSR count). The Morgan fingerprint density at radius 3 is 1.36 bits per heavy atom. The van der Waals surface area contributed by atoms with E-state index in [-0.39, 0.29) is 6.61 Å². The van der Waals surface area contributed by atoms with E-state index in [9.17, 15) is 17.6 Å². The van der Waals surface area contributed by atoms with Crippen molar-refractivity contribution in [2.75, 3.05) is 6.61 Å². The average molecular weight is 176 g/mol. The van der Waals surface area contributed by atoms with Crippen molar-refractivity contribution in [2.24, 2.45) is 0 Å². The van der Waals surface area contributed by atoms with Crippen molar-refractivity contribution < 1.29 is 27.8 Å². The van der Waals surface area contributed by atoms with Gasteiger partial charge < -0.3 is 10.2 Å². The summed E-state index contributed by atoms with van der Waals surface area (Å²) in [5, 5.41) is 16.0. The van der Waals surface area contributed by atoms with E-state index in [0.29, 0.717) is 0 Å². The van der Waals surface area contributed by atoms with Gasteiger partial charge in [-0.2, -0.15) is 17.6 Å². The van der Waals surface area contributed by atoms with Crippen molar-refractivity contribution in [3.63, 3.8) is 0 Å². The van der Waals surface area contributed by atoms with Crippen molar-refractivity contribution in [3.05, 3.63) is 12.2 Å². The molecule has 0 aliphatic rings. The number of hydrogen-bond acceptors (Lipinski definition) is 2. The summed E-state index contributed by atoms with van der Waals surface area (Å²) in [6.45, 7) is 1.39. The monoisotopic (exact) mass is 176 g/mol. The van der Waals surface area contributed by atoms with Gasteiger partial charge in [0.15, 0.2) is 0 Å². The Kier molecular flexibility index (Phi) is 8.85. The van der Waals surface area contributed by atoms with Gasteiger partial charge in [-0.1, -0.05) is 0 Å². The van der Waals surface area contributed by atoms with Crippen molar-refractivity contribution in [3.8, 4) is 0 Å². The second-order valence-corrected chi connectivity index (χ2v) is 1.55. The van der Waals surface area contributed by atoms with Crippen LogP contribution >= 0.6 is 0 Å². The van der Waals surface area contributed by atoms with E-state index in [1.807, 2.05) is 0 Å². The lowest BCUT2D eigenvalue weighted by Crippen LogP contribution is -2.03. The zero-order chi connectivity index (χ0) is 9.44. The van der Waals surface area contributed by atoms with Gasteiger partial charge in [-0.05, 0) is 6.92 Å². The fourth-order valence-electron chi connectivity index (χ4n) is 0. The first-order valence-corrected chi connectivity index (χ1v) is 2.57. The van der Waals surface area contributed by atoms with Gasteiger partial charge in [-0.25, -0.2) is 0 Å². The van der Waals surface area contributed by atoms with Gasteiger partial charge in [0.25, 0.3) is 0 Å². The molecule has 0 saturated heterocycles. The van der Waals surface area contributed by atoms with E-state index in [1.54, 1.807) is 0 Å². The molecule has 11 heavy (non-hydrogen) atoms. The molecule has 0 bridgehead atoms. The van der Waals surface area contributed by atoms with Crippen LogP contribution in [-0.4, -0.2) is 22.9 Å². The highest BCUT2D eigenvalue weighted by Crippen LogP contribution is 2.08. The summed E-state index contributed by atoms with van der Waals surface area (Å²) in [5.41, 5.74) is 0. The number of hydrogen-bond donors (Lipinski definition) is 2. The van der Waals surface area contributed by atoms with Crippen molar-refractivity contribution in [1.82, 2.24) is 0 Å². The third kappa shape index (κ3) is 17.7. The molecule has 0 aromatic heterocycles. The summed E-state index contributed by atoms with van der Waals surface area (Å²) in [4.78, 5) is 0. The van der Waals surface area contributed by atoms with Crippen LogP contribution in [0.1, 0.15) is 6.92 Å². The van der Waals surface area contributed by atoms with Crippen LogP contribution < -0.4 is 0 Å². The first kappa shape index (κ1) is 13.0.